The Morgan fingerprint density at radius 1 is 1.00 bits per heavy atom. The number of hydrogen-bond acceptors (Lipinski definition) is 2. The molecule has 0 spiro atoms. The third-order valence-electron chi connectivity index (χ3n) is 4.59. The normalized spacial score (nSPS) is 14.8. The van der Waals surface area contributed by atoms with Gasteiger partial charge in [-0.1, -0.05) is 42.3 Å². The van der Waals surface area contributed by atoms with E-state index in [1.165, 1.54) is 35.9 Å². The Hall–Kier alpha value is -2.35. The largest absolute Gasteiger partial charge is 0.355 e. The molecule has 0 atom stereocenters. The molecule has 0 bridgehead atoms. The summed E-state index contributed by atoms with van der Waals surface area (Å²) >= 11 is 0. The standard InChI is InChI=1S/C20H20N2/c1-14-9-11-16(12-10-14)21-20-13-19(15-5-4-6-15)22-18-8-3-2-7-17(18)20/h2-3,7-13,15H,4-6H2,1H3,(H,21,22). The highest BCUT2D eigenvalue weighted by Crippen LogP contribution is 2.38. The number of anilines is 2. The Balaban J connectivity index is 1.78. The molecule has 2 heteroatoms. The summed E-state index contributed by atoms with van der Waals surface area (Å²) in [5.74, 6) is 0.642. The highest BCUT2D eigenvalue weighted by molar-refractivity contribution is 5.93. The lowest BCUT2D eigenvalue weighted by molar-refractivity contribution is 0.412. The molecule has 1 aromatic heterocycles. The fourth-order valence-corrected chi connectivity index (χ4v) is 3.00. The van der Waals surface area contributed by atoms with Crippen LogP contribution in [0.15, 0.2) is 54.6 Å². The summed E-state index contributed by atoms with van der Waals surface area (Å²) in [4.78, 5) is 4.87. The maximum absolute atomic E-state index is 4.87. The first kappa shape index (κ1) is 13.3. The fraction of sp³-hybridized carbons (Fsp3) is 0.250. The van der Waals surface area contributed by atoms with Crippen LogP contribution in [0.4, 0.5) is 11.4 Å². The van der Waals surface area contributed by atoms with Gasteiger partial charge >= 0.3 is 0 Å². The molecular formula is C20H20N2. The number of para-hydroxylation sites is 1. The molecule has 0 saturated heterocycles. The summed E-state index contributed by atoms with van der Waals surface area (Å²) in [6, 6.07) is 19.2. The van der Waals surface area contributed by atoms with Crippen LogP contribution >= 0.6 is 0 Å². The highest BCUT2D eigenvalue weighted by atomic mass is 14.9. The number of aryl methyl sites for hydroxylation is 1. The van der Waals surface area contributed by atoms with Gasteiger partial charge in [-0.05, 0) is 44.0 Å². The predicted molar refractivity (Wildman–Crippen MR) is 92.8 cm³/mol. The molecule has 1 heterocycles. The van der Waals surface area contributed by atoms with Crippen molar-refractivity contribution in [2.75, 3.05) is 5.32 Å². The zero-order chi connectivity index (χ0) is 14.9. The Morgan fingerprint density at radius 2 is 1.77 bits per heavy atom. The highest BCUT2D eigenvalue weighted by Gasteiger charge is 2.22. The molecule has 0 radical (unpaired) electrons. The molecular weight excluding hydrogens is 268 g/mol. The Labute approximate surface area is 131 Å². The molecule has 22 heavy (non-hydrogen) atoms. The molecule has 4 rings (SSSR count). The number of nitrogens with zero attached hydrogens (tertiary/aromatic N) is 1. The third-order valence-corrected chi connectivity index (χ3v) is 4.59. The van der Waals surface area contributed by atoms with E-state index in [0.717, 1.165) is 16.9 Å². The minimum Gasteiger partial charge on any atom is -0.355 e. The van der Waals surface area contributed by atoms with E-state index >= 15 is 0 Å². The summed E-state index contributed by atoms with van der Waals surface area (Å²) in [6.45, 7) is 2.11. The number of benzene rings is 2. The van der Waals surface area contributed by atoms with Gasteiger partial charge in [0, 0.05) is 28.4 Å². The zero-order valence-electron chi connectivity index (χ0n) is 12.8. The summed E-state index contributed by atoms with van der Waals surface area (Å²) in [5, 5.41) is 4.76. The number of rotatable bonds is 3. The van der Waals surface area contributed by atoms with Crippen LogP contribution in [0.1, 0.15) is 36.4 Å². The van der Waals surface area contributed by atoms with Crippen molar-refractivity contribution in [1.82, 2.24) is 4.98 Å². The average molecular weight is 288 g/mol. The summed E-state index contributed by atoms with van der Waals surface area (Å²) in [5.41, 5.74) is 5.89. The van der Waals surface area contributed by atoms with Crippen LogP contribution in [-0.2, 0) is 0 Å². The van der Waals surface area contributed by atoms with E-state index in [4.69, 9.17) is 4.98 Å². The van der Waals surface area contributed by atoms with Crippen molar-refractivity contribution in [3.8, 4) is 0 Å². The Kier molecular flexibility index (Phi) is 3.30. The maximum atomic E-state index is 4.87. The molecule has 3 aromatic rings. The second-order valence-electron chi connectivity index (χ2n) is 6.23. The van der Waals surface area contributed by atoms with Gasteiger partial charge in [0.1, 0.15) is 0 Å². The lowest BCUT2D eigenvalue weighted by atomic mass is 9.82. The van der Waals surface area contributed by atoms with Gasteiger partial charge in [0.15, 0.2) is 0 Å². The van der Waals surface area contributed by atoms with Crippen molar-refractivity contribution in [3.05, 3.63) is 65.9 Å². The van der Waals surface area contributed by atoms with E-state index < -0.39 is 0 Å². The second kappa shape index (κ2) is 5.45. The maximum Gasteiger partial charge on any atom is 0.0726 e. The van der Waals surface area contributed by atoms with E-state index in [2.05, 4.69) is 66.8 Å². The van der Waals surface area contributed by atoms with Gasteiger partial charge in [-0.25, -0.2) is 0 Å². The van der Waals surface area contributed by atoms with E-state index in [0.29, 0.717) is 5.92 Å². The number of fused-ring (bicyclic) bond motifs is 1. The van der Waals surface area contributed by atoms with E-state index in [1.54, 1.807) is 0 Å². The smallest absolute Gasteiger partial charge is 0.0726 e. The van der Waals surface area contributed by atoms with Crippen molar-refractivity contribution < 1.29 is 0 Å². The topological polar surface area (TPSA) is 24.9 Å². The second-order valence-corrected chi connectivity index (χ2v) is 6.23. The van der Waals surface area contributed by atoms with Crippen LogP contribution < -0.4 is 5.32 Å². The van der Waals surface area contributed by atoms with E-state index in [-0.39, 0.29) is 0 Å². The number of hydrogen-bond donors (Lipinski definition) is 1. The van der Waals surface area contributed by atoms with Crippen LogP contribution in [0.2, 0.25) is 0 Å². The summed E-state index contributed by atoms with van der Waals surface area (Å²) in [7, 11) is 0. The predicted octanol–water partition coefficient (Wildman–Crippen LogP) is 5.55. The molecule has 0 amide bonds. The lowest BCUT2D eigenvalue weighted by Gasteiger charge is -2.25. The minimum absolute atomic E-state index is 0.642. The molecule has 1 aliphatic rings. The molecule has 1 aliphatic carbocycles. The Bertz CT molecular complexity index is 802. The quantitative estimate of drug-likeness (QED) is 0.683. The molecule has 2 nitrogen and oxygen atoms in total. The van der Waals surface area contributed by atoms with Gasteiger partial charge in [-0.3, -0.25) is 4.98 Å². The van der Waals surface area contributed by atoms with Gasteiger partial charge < -0.3 is 5.32 Å². The van der Waals surface area contributed by atoms with Crippen LogP contribution in [0.5, 0.6) is 0 Å². The van der Waals surface area contributed by atoms with Crippen molar-refractivity contribution in [2.45, 2.75) is 32.1 Å². The average Bonchev–Trinajstić information content (AvgIpc) is 2.48. The van der Waals surface area contributed by atoms with Gasteiger partial charge in [0.05, 0.1) is 5.52 Å². The van der Waals surface area contributed by atoms with Gasteiger partial charge in [0.2, 0.25) is 0 Å². The number of nitrogens with one attached hydrogen (secondary N) is 1. The fourth-order valence-electron chi connectivity index (χ4n) is 3.00. The zero-order valence-corrected chi connectivity index (χ0v) is 12.8. The van der Waals surface area contributed by atoms with Crippen LogP contribution in [0.25, 0.3) is 10.9 Å². The van der Waals surface area contributed by atoms with E-state index in [1.807, 2.05) is 0 Å². The van der Waals surface area contributed by atoms with Gasteiger partial charge in [-0.2, -0.15) is 0 Å². The van der Waals surface area contributed by atoms with Crippen LogP contribution in [0, 0.1) is 6.92 Å². The van der Waals surface area contributed by atoms with Crippen molar-refractivity contribution in [2.24, 2.45) is 0 Å². The molecule has 2 aromatic carbocycles. The third kappa shape index (κ3) is 2.45. The molecule has 110 valence electrons. The van der Waals surface area contributed by atoms with Crippen LogP contribution in [0.3, 0.4) is 0 Å². The molecule has 1 N–H and O–H groups in total. The van der Waals surface area contributed by atoms with E-state index in [9.17, 15) is 0 Å². The van der Waals surface area contributed by atoms with Crippen molar-refractivity contribution in [1.29, 1.82) is 0 Å². The van der Waals surface area contributed by atoms with Crippen molar-refractivity contribution in [3.63, 3.8) is 0 Å². The van der Waals surface area contributed by atoms with Crippen molar-refractivity contribution >= 4 is 22.3 Å². The monoisotopic (exact) mass is 288 g/mol. The van der Waals surface area contributed by atoms with Gasteiger partial charge in [0.25, 0.3) is 0 Å². The first-order valence-electron chi connectivity index (χ1n) is 8.03. The summed E-state index contributed by atoms with van der Waals surface area (Å²) < 4.78 is 0. The SMILES string of the molecule is Cc1ccc(Nc2cc(C3CCC3)nc3ccccc23)cc1. The molecule has 0 aliphatic heterocycles. The van der Waals surface area contributed by atoms with Gasteiger partial charge in [-0.15, -0.1) is 0 Å². The molecule has 1 saturated carbocycles. The minimum atomic E-state index is 0.642. The number of aromatic nitrogens is 1. The lowest BCUT2D eigenvalue weighted by Crippen LogP contribution is -2.11. The number of pyridine rings is 1. The Morgan fingerprint density at radius 3 is 2.50 bits per heavy atom. The molecule has 0 unspecified atom stereocenters. The summed E-state index contributed by atoms with van der Waals surface area (Å²) in [6.07, 6.45) is 3.88. The van der Waals surface area contributed by atoms with Crippen LogP contribution in [-0.4, -0.2) is 4.98 Å². The molecule has 1 fully saturated rings. The first-order valence-corrected chi connectivity index (χ1v) is 8.03. The first-order chi connectivity index (χ1) is 10.8.